The lowest BCUT2D eigenvalue weighted by atomic mass is 10.2. The Kier molecular flexibility index (Phi) is 3.91. The van der Waals surface area contributed by atoms with Crippen LogP contribution in [-0.2, 0) is 7.05 Å². The summed E-state index contributed by atoms with van der Waals surface area (Å²) in [4.78, 5) is 21.9. The number of benzene rings is 1. The van der Waals surface area contributed by atoms with Gasteiger partial charge in [0.1, 0.15) is 11.5 Å². The molecule has 1 N–H and O–H groups in total. The van der Waals surface area contributed by atoms with Crippen LogP contribution in [0.5, 0.6) is 0 Å². The first kappa shape index (κ1) is 16.9. The molecule has 4 aromatic heterocycles. The molecule has 142 valence electrons. The van der Waals surface area contributed by atoms with E-state index in [1.54, 1.807) is 31.6 Å². The molecule has 0 saturated heterocycles. The third-order valence-electron chi connectivity index (χ3n) is 4.49. The van der Waals surface area contributed by atoms with Gasteiger partial charge in [-0.15, -0.1) is 0 Å². The number of nitrogens with zero attached hydrogens (tertiary/aromatic N) is 6. The number of amides is 1. The van der Waals surface area contributed by atoms with E-state index in [9.17, 15) is 4.79 Å². The van der Waals surface area contributed by atoms with E-state index in [0.717, 1.165) is 11.3 Å². The number of fused-ring (bicyclic) bond motifs is 1. The van der Waals surface area contributed by atoms with Gasteiger partial charge in [-0.25, -0.2) is 4.98 Å². The molecule has 9 heteroatoms. The Balaban J connectivity index is 1.45. The molecule has 0 unspecified atom stereocenters. The summed E-state index contributed by atoms with van der Waals surface area (Å²) in [6.45, 7) is 0. The predicted molar refractivity (Wildman–Crippen MR) is 105 cm³/mol. The van der Waals surface area contributed by atoms with Crippen LogP contribution in [-0.4, -0.2) is 35.2 Å². The van der Waals surface area contributed by atoms with Crippen molar-refractivity contribution in [1.82, 2.24) is 29.3 Å². The second-order valence-corrected chi connectivity index (χ2v) is 6.37. The minimum Gasteiger partial charge on any atom is -0.356 e. The van der Waals surface area contributed by atoms with E-state index >= 15 is 0 Å². The number of imidazole rings is 1. The van der Waals surface area contributed by atoms with Gasteiger partial charge in [0.25, 0.3) is 5.91 Å². The van der Waals surface area contributed by atoms with E-state index in [1.165, 1.54) is 10.9 Å². The number of carbonyl (C=O) groups is 1. The molecule has 1 aromatic carbocycles. The average Bonchev–Trinajstić information content (AvgIpc) is 3.47. The minimum absolute atomic E-state index is 0.344. The first-order valence-corrected chi connectivity index (χ1v) is 8.84. The molecule has 5 rings (SSSR count). The molecule has 0 radical (unpaired) electrons. The molecule has 1 amide bonds. The highest BCUT2D eigenvalue weighted by molar-refractivity contribution is 6.06. The standard InChI is InChI=1S/C20H15N7O2/c1-26-18(14(11-21-26)16-7-9-22-29-16)19(28)24-17-8-10-27-12-15(23-20(27)25-17)13-5-3-2-4-6-13/h2-12H,1H3,(H,23,24,25,28). The third kappa shape index (κ3) is 3.04. The van der Waals surface area contributed by atoms with Gasteiger partial charge in [-0.1, -0.05) is 35.5 Å². The van der Waals surface area contributed by atoms with E-state index in [-0.39, 0.29) is 5.91 Å². The molecule has 29 heavy (non-hydrogen) atoms. The number of hydrogen-bond donors (Lipinski definition) is 1. The molecule has 0 bridgehead atoms. The highest BCUT2D eigenvalue weighted by Crippen LogP contribution is 2.24. The first-order chi connectivity index (χ1) is 14.2. The second kappa shape index (κ2) is 6.71. The largest absolute Gasteiger partial charge is 0.356 e. The number of hydrogen-bond acceptors (Lipinski definition) is 6. The van der Waals surface area contributed by atoms with E-state index in [2.05, 4.69) is 25.5 Å². The van der Waals surface area contributed by atoms with Crippen LogP contribution in [0.25, 0.3) is 28.4 Å². The van der Waals surface area contributed by atoms with Gasteiger partial charge in [0, 0.05) is 31.1 Å². The van der Waals surface area contributed by atoms with Crippen LogP contribution < -0.4 is 5.32 Å². The van der Waals surface area contributed by atoms with Crippen molar-refractivity contribution in [3.8, 4) is 22.6 Å². The van der Waals surface area contributed by atoms with Crippen LogP contribution in [0.2, 0.25) is 0 Å². The van der Waals surface area contributed by atoms with E-state index in [1.807, 2.05) is 40.9 Å². The van der Waals surface area contributed by atoms with Crippen molar-refractivity contribution in [2.45, 2.75) is 0 Å². The first-order valence-electron chi connectivity index (χ1n) is 8.84. The van der Waals surface area contributed by atoms with Crippen molar-refractivity contribution >= 4 is 17.5 Å². The summed E-state index contributed by atoms with van der Waals surface area (Å²) in [6.07, 6.45) is 6.78. The number of nitrogens with one attached hydrogen (secondary N) is 1. The molecule has 0 aliphatic heterocycles. The Hall–Kier alpha value is -4.27. The molecular weight excluding hydrogens is 370 g/mol. The zero-order valence-electron chi connectivity index (χ0n) is 15.4. The number of carbonyl (C=O) groups excluding carboxylic acids is 1. The smallest absolute Gasteiger partial charge is 0.275 e. The van der Waals surface area contributed by atoms with E-state index in [0.29, 0.717) is 28.6 Å². The lowest BCUT2D eigenvalue weighted by Gasteiger charge is -2.06. The lowest BCUT2D eigenvalue weighted by molar-refractivity contribution is 0.101. The molecule has 5 aromatic rings. The molecular formula is C20H15N7O2. The van der Waals surface area contributed by atoms with Gasteiger partial charge in [-0.3, -0.25) is 13.9 Å². The Morgan fingerprint density at radius 3 is 2.76 bits per heavy atom. The maximum atomic E-state index is 12.9. The second-order valence-electron chi connectivity index (χ2n) is 6.37. The fourth-order valence-corrected chi connectivity index (χ4v) is 3.11. The summed E-state index contributed by atoms with van der Waals surface area (Å²) in [5.74, 6) is 0.982. The zero-order valence-corrected chi connectivity index (χ0v) is 15.4. The fourth-order valence-electron chi connectivity index (χ4n) is 3.11. The van der Waals surface area contributed by atoms with Crippen molar-refractivity contribution in [3.63, 3.8) is 0 Å². The summed E-state index contributed by atoms with van der Waals surface area (Å²) in [5, 5.41) is 10.6. The van der Waals surface area contributed by atoms with Crippen molar-refractivity contribution in [2.24, 2.45) is 7.05 Å². The summed E-state index contributed by atoms with van der Waals surface area (Å²) < 4.78 is 8.45. The van der Waals surface area contributed by atoms with Crippen LogP contribution >= 0.6 is 0 Å². The summed E-state index contributed by atoms with van der Waals surface area (Å²) >= 11 is 0. The van der Waals surface area contributed by atoms with Gasteiger partial charge in [0.2, 0.25) is 5.78 Å². The van der Waals surface area contributed by atoms with Crippen LogP contribution in [0.15, 0.2) is 71.8 Å². The average molecular weight is 385 g/mol. The quantitative estimate of drug-likeness (QED) is 0.510. The Morgan fingerprint density at radius 1 is 1.10 bits per heavy atom. The van der Waals surface area contributed by atoms with Gasteiger partial charge in [-0.2, -0.15) is 10.1 Å². The van der Waals surface area contributed by atoms with Crippen molar-refractivity contribution < 1.29 is 9.32 Å². The molecule has 9 nitrogen and oxygen atoms in total. The molecule has 0 atom stereocenters. The monoisotopic (exact) mass is 385 g/mol. The fraction of sp³-hybridized carbons (Fsp3) is 0.0500. The number of anilines is 1. The van der Waals surface area contributed by atoms with Gasteiger partial charge in [0.05, 0.1) is 23.7 Å². The van der Waals surface area contributed by atoms with Crippen molar-refractivity contribution in [2.75, 3.05) is 5.32 Å². The SMILES string of the molecule is Cn1ncc(-c2ccno2)c1C(=O)Nc1ccn2cc(-c3ccccc3)nc2n1. The Bertz CT molecular complexity index is 1300. The molecule has 0 spiro atoms. The minimum atomic E-state index is -0.358. The van der Waals surface area contributed by atoms with Gasteiger partial charge in [-0.05, 0) is 6.07 Å². The van der Waals surface area contributed by atoms with Gasteiger partial charge < -0.3 is 9.84 Å². The van der Waals surface area contributed by atoms with Crippen LogP contribution in [0.1, 0.15) is 10.5 Å². The summed E-state index contributed by atoms with van der Waals surface area (Å²) in [6, 6.07) is 13.2. The summed E-state index contributed by atoms with van der Waals surface area (Å²) in [5.41, 5.74) is 2.70. The van der Waals surface area contributed by atoms with Gasteiger partial charge in [0.15, 0.2) is 5.76 Å². The zero-order chi connectivity index (χ0) is 19.8. The lowest BCUT2D eigenvalue weighted by Crippen LogP contribution is -2.18. The van der Waals surface area contributed by atoms with E-state index < -0.39 is 0 Å². The van der Waals surface area contributed by atoms with Crippen molar-refractivity contribution in [3.05, 3.63) is 72.9 Å². The topological polar surface area (TPSA) is 103 Å². The van der Waals surface area contributed by atoms with E-state index in [4.69, 9.17) is 4.52 Å². The van der Waals surface area contributed by atoms with Crippen LogP contribution in [0.3, 0.4) is 0 Å². The Morgan fingerprint density at radius 2 is 1.97 bits per heavy atom. The van der Waals surface area contributed by atoms with Gasteiger partial charge >= 0.3 is 0 Å². The van der Waals surface area contributed by atoms with Crippen molar-refractivity contribution in [1.29, 1.82) is 0 Å². The number of aromatic nitrogens is 6. The summed E-state index contributed by atoms with van der Waals surface area (Å²) in [7, 11) is 1.69. The molecule has 4 heterocycles. The van der Waals surface area contributed by atoms with Crippen LogP contribution in [0.4, 0.5) is 5.82 Å². The maximum absolute atomic E-state index is 12.9. The number of rotatable bonds is 4. The molecule has 0 aliphatic carbocycles. The highest BCUT2D eigenvalue weighted by atomic mass is 16.5. The molecule has 0 aliphatic rings. The number of aryl methyl sites for hydroxylation is 1. The normalized spacial score (nSPS) is 11.1. The molecule has 0 saturated carbocycles. The van der Waals surface area contributed by atoms with Crippen LogP contribution in [0, 0.1) is 0 Å². The molecule has 0 fully saturated rings. The third-order valence-corrected chi connectivity index (χ3v) is 4.49. The predicted octanol–water partition coefficient (Wildman–Crippen LogP) is 3.04. The Labute approximate surface area is 164 Å². The maximum Gasteiger partial charge on any atom is 0.275 e. The highest BCUT2D eigenvalue weighted by Gasteiger charge is 2.21.